The highest BCUT2D eigenvalue weighted by Gasteiger charge is 2.16. The average molecular weight is 487 g/mol. The van der Waals surface area contributed by atoms with E-state index in [0.717, 1.165) is 49.8 Å². The van der Waals surface area contributed by atoms with Crippen LogP contribution in [0.15, 0.2) is 78.9 Å². The van der Waals surface area contributed by atoms with Gasteiger partial charge in [0.1, 0.15) is 11.6 Å². The van der Waals surface area contributed by atoms with Crippen LogP contribution >= 0.6 is 0 Å². The summed E-state index contributed by atoms with van der Waals surface area (Å²) >= 11 is 0. The van der Waals surface area contributed by atoms with Gasteiger partial charge in [-0.3, -0.25) is 10.2 Å². The fraction of sp³-hybridized carbons (Fsp3) is 0.333. The molecule has 3 aromatic carbocycles. The number of aromatic hydroxyl groups is 1. The molecule has 0 aromatic heterocycles. The van der Waals surface area contributed by atoms with E-state index in [1.165, 1.54) is 5.56 Å². The monoisotopic (exact) mass is 486 g/mol. The third kappa shape index (κ3) is 9.19. The minimum absolute atomic E-state index is 0.0385. The molecule has 0 aliphatic carbocycles. The maximum Gasteiger partial charge on any atom is 0.223 e. The van der Waals surface area contributed by atoms with Crippen molar-refractivity contribution in [2.45, 2.75) is 51.6 Å². The Bertz CT molecular complexity index is 1100. The number of hydrogen-bond donors (Lipinski definition) is 5. The van der Waals surface area contributed by atoms with Gasteiger partial charge >= 0.3 is 0 Å². The summed E-state index contributed by atoms with van der Waals surface area (Å²) in [4.78, 5) is 12.7. The third-order valence-electron chi connectivity index (χ3n) is 6.51. The lowest BCUT2D eigenvalue weighted by molar-refractivity contribution is -0.124. The van der Waals surface area contributed by atoms with Gasteiger partial charge in [-0.15, -0.1) is 0 Å². The lowest BCUT2D eigenvalue weighted by Gasteiger charge is -2.21. The number of nitrogens with one attached hydrogen (secondary N) is 3. The highest BCUT2D eigenvalue weighted by molar-refractivity contribution is 5.94. The SMILES string of the molecule is C[C@H](CC[C@@H](CCc1ccccc1)NCCc1cccc(O)c1)C(=O)NCc1ccc(C(=N)N)cc1. The molecule has 0 spiro atoms. The summed E-state index contributed by atoms with van der Waals surface area (Å²) in [7, 11) is 0. The van der Waals surface area contributed by atoms with Gasteiger partial charge in [-0.2, -0.15) is 0 Å². The van der Waals surface area contributed by atoms with Gasteiger partial charge in [0.2, 0.25) is 5.91 Å². The largest absolute Gasteiger partial charge is 0.508 e. The van der Waals surface area contributed by atoms with Crippen LogP contribution in [0.4, 0.5) is 0 Å². The van der Waals surface area contributed by atoms with Gasteiger partial charge in [-0.05, 0) is 67.5 Å². The maximum absolute atomic E-state index is 12.7. The lowest BCUT2D eigenvalue weighted by atomic mass is 9.96. The number of carbonyl (C=O) groups is 1. The quantitative estimate of drug-likeness (QED) is 0.170. The highest BCUT2D eigenvalue weighted by Crippen LogP contribution is 2.15. The Morgan fingerprint density at radius 1 is 0.889 bits per heavy atom. The summed E-state index contributed by atoms with van der Waals surface area (Å²) in [6.45, 7) is 3.26. The van der Waals surface area contributed by atoms with Crippen molar-refractivity contribution in [1.82, 2.24) is 10.6 Å². The second-order valence-electron chi connectivity index (χ2n) is 9.40. The number of amides is 1. The number of benzene rings is 3. The van der Waals surface area contributed by atoms with Crippen LogP contribution in [0, 0.1) is 11.3 Å². The lowest BCUT2D eigenvalue weighted by Crippen LogP contribution is -2.34. The van der Waals surface area contributed by atoms with Crippen LogP contribution in [0.3, 0.4) is 0 Å². The van der Waals surface area contributed by atoms with Gasteiger partial charge in [-0.1, -0.05) is 73.7 Å². The molecule has 0 saturated carbocycles. The molecule has 0 saturated heterocycles. The number of phenolic OH excluding ortho intramolecular Hbond substituents is 1. The Hall–Kier alpha value is -3.64. The van der Waals surface area contributed by atoms with Gasteiger partial charge in [0.25, 0.3) is 0 Å². The van der Waals surface area contributed by atoms with Gasteiger partial charge in [0.15, 0.2) is 0 Å². The zero-order valence-electron chi connectivity index (χ0n) is 21.0. The molecule has 0 fully saturated rings. The van der Waals surface area contributed by atoms with Crippen molar-refractivity contribution in [3.8, 4) is 5.75 Å². The van der Waals surface area contributed by atoms with Crippen molar-refractivity contribution in [2.24, 2.45) is 11.7 Å². The van der Waals surface area contributed by atoms with Gasteiger partial charge < -0.3 is 21.5 Å². The number of nitrogens with two attached hydrogens (primary N) is 1. The van der Waals surface area contributed by atoms with Crippen LogP contribution in [0.25, 0.3) is 0 Å². The van der Waals surface area contributed by atoms with E-state index < -0.39 is 0 Å². The topological polar surface area (TPSA) is 111 Å². The third-order valence-corrected chi connectivity index (χ3v) is 6.51. The summed E-state index contributed by atoms with van der Waals surface area (Å²) in [5, 5.41) is 23.9. The molecule has 6 nitrogen and oxygen atoms in total. The Balaban J connectivity index is 1.48. The van der Waals surface area contributed by atoms with E-state index in [2.05, 4.69) is 34.9 Å². The van der Waals surface area contributed by atoms with Crippen LogP contribution in [-0.2, 0) is 24.2 Å². The molecule has 0 heterocycles. The molecule has 0 bridgehead atoms. The first kappa shape index (κ1) is 27.0. The molecule has 0 aliphatic rings. The first-order valence-electron chi connectivity index (χ1n) is 12.7. The van der Waals surface area contributed by atoms with Crippen LogP contribution < -0.4 is 16.4 Å². The minimum Gasteiger partial charge on any atom is -0.508 e. The average Bonchev–Trinajstić information content (AvgIpc) is 2.89. The van der Waals surface area contributed by atoms with Gasteiger partial charge in [0, 0.05) is 24.1 Å². The number of nitrogen functional groups attached to an aromatic ring is 1. The van der Waals surface area contributed by atoms with E-state index >= 15 is 0 Å². The van der Waals surface area contributed by atoms with E-state index in [9.17, 15) is 9.90 Å². The summed E-state index contributed by atoms with van der Waals surface area (Å²) in [6, 6.07) is 25.5. The molecule has 190 valence electrons. The Morgan fingerprint density at radius 3 is 2.31 bits per heavy atom. The second-order valence-corrected chi connectivity index (χ2v) is 9.40. The molecule has 0 unspecified atom stereocenters. The van der Waals surface area contributed by atoms with Crippen molar-refractivity contribution in [1.29, 1.82) is 5.41 Å². The van der Waals surface area contributed by atoms with E-state index in [4.69, 9.17) is 11.1 Å². The number of amidine groups is 1. The Kier molecular flexibility index (Phi) is 10.5. The predicted molar refractivity (Wildman–Crippen MR) is 146 cm³/mol. The van der Waals surface area contributed by atoms with Crippen molar-refractivity contribution >= 4 is 11.7 Å². The van der Waals surface area contributed by atoms with Crippen molar-refractivity contribution in [3.63, 3.8) is 0 Å². The van der Waals surface area contributed by atoms with Crippen LogP contribution in [0.5, 0.6) is 5.75 Å². The normalized spacial score (nSPS) is 12.6. The molecular weight excluding hydrogens is 448 g/mol. The molecule has 6 heteroatoms. The highest BCUT2D eigenvalue weighted by atomic mass is 16.3. The smallest absolute Gasteiger partial charge is 0.223 e. The predicted octanol–water partition coefficient (Wildman–Crippen LogP) is 4.54. The first-order valence-corrected chi connectivity index (χ1v) is 12.7. The number of rotatable bonds is 14. The molecule has 2 atom stereocenters. The molecule has 36 heavy (non-hydrogen) atoms. The minimum atomic E-state index is -0.0893. The van der Waals surface area contributed by atoms with Crippen LogP contribution in [0.2, 0.25) is 0 Å². The standard InChI is InChI=1S/C30H38N4O2/c1-22(30(36)34-21-25-11-14-26(15-12-25)29(31)32)10-16-27(17-13-23-6-3-2-4-7-23)33-19-18-24-8-5-9-28(35)20-24/h2-9,11-12,14-15,20,22,27,33,35H,10,13,16-19,21H2,1H3,(H3,31,32)(H,34,36)/t22-,27+/m1/s1. The summed E-state index contributed by atoms with van der Waals surface area (Å²) in [5.74, 6) is 0.292. The number of phenols is 1. The fourth-order valence-electron chi connectivity index (χ4n) is 4.21. The Labute approximate surface area is 214 Å². The van der Waals surface area contributed by atoms with E-state index in [0.29, 0.717) is 23.9 Å². The molecule has 0 radical (unpaired) electrons. The zero-order chi connectivity index (χ0) is 25.8. The number of carbonyl (C=O) groups excluding carboxylic acids is 1. The second kappa shape index (κ2) is 14.0. The molecule has 3 aromatic rings. The van der Waals surface area contributed by atoms with Crippen molar-refractivity contribution < 1.29 is 9.90 Å². The van der Waals surface area contributed by atoms with Crippen molar-refractivity contribution in [3.05, 3.63) is 101 Å². The van der Waals surface area contributed by atoms with Gasteiger partial charge in [0.05, 0.1) is 0 Å². The van der Waals surface area contributed by atoms with Gasteiger partial charge in [-0.25, -0.2) is 0 Å². The molecule has 1 amide bonds. The zero-order valence-corrected chi connectivity index (χ0v) is 21.0. The Morgan fingerprint density at radius 2 is 1.61 bits per heavy atom. The van der Waals surface area contributed by atoms with E-state index in [-0.39, 0.29) is 17.7 Å². The first-order chi connectivity index (χ1) is 17.4. The summed E-state index contributed by atoms with van der Waals surface area (Å²) in [5.41, 5.74) is 9.58. The van der Waals surface area contributed by atoms with Crippen LogP contribution in [-0.4, -0.2) is 29.4 Å². The number of hydrogen-bond acceptors (Lipinski definition) is 4. The maximum atomic E-state index is 12.7. The van der Waals surface area contributed by atoms with Crippen LogP contribution in [0.1, 0.15) is 48.4 Å². The molecule has 3 rings (SSSR count). The summed E-state index contributed by atoms with van der Waals surface area (Å²) < 4.78 is 0. The fourth-order valence-corrected chi connectivity index (χ4v) is 4.21. The van der Waals surface area contributed by atoms with Crippen molar-refractivity contribution in [2.75, 3.05) is 6.54 Å². The van der Waals surface area contributed by atoms with E-state index in [1.807, 2.05) is 37.3 Å². The molecule has 6 N–H and O–H groups in total. The van der Waals surface area contributed by atoms with E-state index in [1.54, 1.807) is 24.3 Å². The molecular formula is C30H38N4O2. The number of aryl methyl sites for hydroxylation is 1. The molecule has 0 aliphatic heterocycles. The summed E-state index contributed by atoms with van der Waals surface area (Å²) in [6.07, 6.45) is 4.54.